The molecule has 0 spiro atoms. The summed E-state index contributed by atoms with van der Waals surface area (Å²) in [5, 5.41) is 15.9. The van der Waals surface area contributed by atoms with Gasteiger partial charge in [0, 0.05) is 25.0 Å². The number of allylic oxidation sites excluding steroid dienone is 4. The number of H-pyrrole nitrogens is 1. The van der Waals surface area contributed by atoms with Gasteiger partial charge in [0.25, 0.3) is 5.91 Å². The van der Waals surface area contributed by atoms with Crippen molar-refractivity contribution in [1.29, 1.82) is 5.41 Å². The van der Waals surface area contributed by atoms with E-state index in [0.717, 1.165) is 50.5 Å². The van der Waals surface area contributed by atoms with Crippen LogP contribution in [0, 0.1) is 17.2 Å². The van der Waals surface area contributed by atoms with Crippen LogP contribution in [0.5, 0.6) is 0 Å². The normalized spacial score (nSPS) is 20.4. The molecule has 9 nitrogen and oxygen atoms in total. The Hall–Kier alpha value is -3.77. The SMILES string of the molecule is C/C=C\C=C/C.CC.N=CCC1CCC(N2CC(OCc3ccccc3)(C(F)(F)F)C2)CC1.NC(=O)c1cn[nH]c1NC(=O)C1CC1. The summed E-state index contributed by atoms with van der Waals surface area (Å²) in [7, 11) is 0. The van der Waals surface area contributed by atoms with Gasteiger partial charge in [0.15, 0.2) is 5.60 Å². The third-order valence-corrected chi connectivity index (χ3v) is 8.17. The minimum absolute atomic E-state index is 0.0136. The summed E-state index contributed by atoms with van der Waals surface area (Å²) in [4.78, 5) is 24.1. The molecule has 2 heterocycles. The second-order valence-electron chi connectivity index (χ2n) is 11.6. The Labute approximate surface area is 276 Å². The van der Waals surface area contributed by atoms with Crippen molar-refractivity contribution in [3.05, 3.63) is 72.0 Å². The molecule has 2 amide bonds. The molecule has 2 aromatic rings. The number of halogens is 3. The first kappa shape index (κ1) is 39.4. The molecule has 5 rings (SSSR count). The third-order valence-electron chi connectivity index (χ3n) is 8.17. The number of hydrogen-bond donors (Lipinski definition) is 4. The van der Waals surface area contributed by atoms with E-state index in [0.29, 0.717) is 5.92 Å². The lowest BCUT2D eigenvalue weighted by molar-refractivity contribution is -0.327. The van der Waals surface area contributed by atoms with Crippen LogP contribution in [0.15, 0.2) is 60.8 Å². The number of aromatic nitrogens is 2. The lowest BCUT2D eigenvalue weighted by Crippen LogP contribution is -2.72. The Balaban J connectivity index is 0.000000292. The first-order valence-electron chi connectivity index (χ1n) is 16.4. The summed E-state index contributed by atoms with van der Waals surface area (Å²) < 4.78 is 46.2. The summed E-state index contributed by atoms with van der Waals surface area (Å²) in [6, 6.07) is 9.23. The highest BCUT2D eigenvalue weighted by atomic mass is 19.4. The van der Waals surface area contributed by atoms with Crippen molar-refractivity contribution in [3.8, 4) is 0 Å². The quantitative estimate of drug-likeness (QED) is 0.155. The summed E-state index contributed by atoms with van der Waals surface area (Å²) in [6.07, 6.45) is 12.8. The van der Waals surface area contributed by atoms with E-state index >= 15 is 0 Å². The Morgan fingerprint density at radius 3 is 2.15 bits per heavy atom. The van der Waals surface area contributed by atoms with Gasteiger partial charge in [0.05, 0.1) is 12.8 Å². The number of primary amides is 1. The Kier molecular flexibility index (Phi) is 16.6. The van der Waals surface area contributed by atoms with E-state index in [-0.39, 0.29) is 48.9 Å². The van der Waals surface area contributed by atoms with Crippen LogP contribution in [0.25, 0.3) is 0 Å². The summed E-state index contributed by atoms with van der Waals surface area (Å²) in [5.74, 6) is 0.201. The van der Waals surface area contributed by atoms with E-state index in [2.05, 4.69) is 15.5 Å². The van der Waals surface area contributed by atoms with Crippen molar-refractivity contribution in [3.63, 3.8) is 0 Å². The molecule has 1 aromatic carbocycles. The van der Waals surface area contributed by atoms with Crippen LogP contribution in [-0.2, 0) is 16.1 Å². The highest BCUT2D eigenvalue weighted by Crippen LogP contribution is 2.44. The predicted octanol–water partition coefficient (Wildman–Crippen LogP) is 7.44. The first-order valence-corrected chi connectivity index (χ1v) is 16.4. The van der Waals surface area contributed by atoms with Gasteiger partial charge in [-0.05, 0) is 76.5 Å². The molecule has 2 saturated carbocycles. The number of nitrogens with one attached hydrogen (secondary N) is 3. The molecular weight excluding hydrogens is 609 g/mol. The van der Waals surface area contributed by atoms with Gasteiger partial charge in [0.2, 0.25) is 5.91 Å². The zero-order chi connectivity index (χ0) is 34.9. The van der Waals surface area contributed by atoms with Gasteiger partial charge in [-0.3, -0.25) is 19.6 Å². The molecule has 0 unspecified atom stereocenters. The van der Waals surface area contributed by atoms with Crippen LogP contribution in [-0.4, -0.2) is 64.0 Å². The molecule has 0 bridgehead atoms. The number of nitrogens with two attached hydrogens (primary N) is 1. The van der Waals surface area contributed by atoms with Crippen LogP contribution < -0.4 is 11.1 Å². The molecule has 1 aromatic heterocycles. The fraction of sp³-hybridized carbons (Fsp3) is 0.543. The Bertz CT molecular complexity index is 1270. The van der Waals surface area contributed by atoms with Gasteiger partial charge in [-0.1, -0.05) is 68.5 Å². The molecule has 1 saturated heterocycles. The Morgan fingerprint density at radius 1 is 1.06 bits per heavy atom. The van der Waals surface area contributed by atoms with E-state index in [1.165, 1.54) is 12.4 Å². The summed E-state index contributed by atoms with van der Waals surface area (Å²) in [6.45, 7) is 7.85. The molecule has 47 heavy (non-hydrogen) atoms. The van der Waals surface area contributed by atoms with Gasteiger partial charge in [-0.2, -0.15) is 18.3 Å². The maximum absolute atomic E-state index is 13.6. The summed E-state index contributed by atoms with van der Waals surface area (Å²) in [5.41, 5.74) is 4.01. The van der Waals surface area contributed by atoms with Gasteiger partial charge >= 0.3 is 6.18 Å². The maximum Gasteiger partial charge on any atom is 0.419 e. The minimum Gasteiger partial charge on any atom is -0.365 e. The number of likely N-dealkylation sites (tertiary alicyclic amines) is 1. The molecule has 2 aliphatic carbocycles. The molecule has 5 N–H and O–H groups in total. The van der Waals surface area contributed by atoms with Crippen LogP contribution >= 0.6 is 0 Å². The maximum atomic E-state index is 13.6. The zero-order valence-electron chi connectivity index (χ0n) is 28.0. The number of rotatable bonds is 10. The van der Waals surface area contributed by atoms with Crippen LogP contribution in [0.4, 0.5) is 19.0 Å². The number of carbonyl (C=O) groups excluding carboxylic acids is 2. The number of amides is 2. The molecular formula is C35H51F3N6O3. The van der Waals surface area contributed by atoms with Crippen molar-refractivity contribution < 1.29 is 27.5 Å². The van der Waals surface area contributed by atoms with Crippen molar-refractivity contribution in [2.75, 3.05) is 18.4 Å². The largest absolute Gasteiger partial charge is 0.419 e. The van der Waals surface area contributed by atoms with E-state index in [1.807, 2.05) is 63.0 Å². The van der Waals surface area contributed by atoms with E-state index in [4.69, 9.17) is 15.9 Å². The van der Waals surface area contributed by atoms with E-state index in [9.17, 15) is 22.8 Å². The number of benzene rings is 1. The fourth-order valence-corrected chi connectivity index (χ4v) is 5.29. The lowest BCUT2D eigenvalue weighted by Gasteiger charge is -2.54. The van der Waals surface area contributed by atoms with Crippen molar-refractivity contribution in [2.45, 2.75) is 97.1 Å². The average molecular weight is 661 g/mol. The second kappa shape index (κ2) is 19.8. The monoisotopic (exact) mass is 660 g/mol. The molecule has 0 radical (unpaired) electrons. The third kappa shape index (κ3) is 12.4. The fourth-order valence-electron chi connectivity index (χ4n) is 5.29. The number of aromatic amines is 1. The zero-order valence-corrected chi connectivity index (χ0v) is 28.0. The minimum atomic E-state index is -4.35. The number of anilines is 1. The van der Waals surface area contributed by atoms with Gasteiger partial charge in [-0.15, -0.1) is 0 Å². The summed E-state index contributed by atoms with van der Waals surface area (Å²) >= 11 is 0. The van der Waals surface area contributed by atoms with Crippen LogP contribution in [0.3, 0.4) is 0 Å². The number of hydrogen-bond acceptors (Lipinski definition) is 6. The van der Waals surface area contributed by atoms with Crippen molar-refractivity contribution >= 4 is 23.8 Å². The van der Waals surface area contributed by atoms with Crippen molar-refractivity contribution in [2.24, 2.45) is 17.6 Å². The topological polar surface area (TPSA) is 137 Å². The predicted molar refractivity (Wildman–Crippen MR) is 180 cm³/mol. The first-order chi connectivity index (χ1) is 22.5. The lowest BCUT2D eigenvalue weighted by atomic mass is 9.80. The van der Waals surface area contributed by atoms with E-state index < -0.39 is 17.7 Å². The highest BCUT2D eigenvalue weighted by Gasteiger charge is 2.64. The highest BCUT2D eigenvalue weighted by molar-refractivity contribution is 6.02. The molecule has 0 atom stereocenters. The van der Waals surface area contributed by atoms with Gasteiger partial charge in [0.1, 0.15) is 11.4 Å². The number of carbonyl (C=O) groups is 2. The number of nitrogens with zero attached hydrogens (tertiary/aromatic N) is 2. The van der Waals surface area contributed by atoms with Crippen LogP contribution in [0.2, 0.25) is 0 Å². The second-order valence-corrected chi connectivity index (χ2v) is 11.6. The van der Waals surface area contributed by atoms with Gasteiger partial charge in [-0.25, -0.2) is 0 Å². The van der Waals surface area contributed by atoms with Crippen LogP contribution in [0.1, 0.15) is 88.6 Å². The molecule has 260 valence electrons. The van der Waals surface area contributed by atoms with Crippen molar-refractivity contribution in [1.82, 2.24) is 15.1 Å². The smallest absolute Gasteiger partial charge is 0.365 e. The molecule has 12 heteroatoms. The molecule has 3 fully saturated rings. The average Bonchev–Trinajstić information content (AvgIpc) is 3.80. The standard InChI is InChI=1S/C19H25F3N2O.C8H10N4O2.C6H10.C2H6/c20-19(21,22)18(25-12-16-4-2-1-3-5-16)13-24(14-18)17-8-6-15(7-9-17)10-11-23;9-6(13)5-3-10-12-7(5)11-8(14)4-1-2-4;1-3-5-6-4-2;1-2/h1-5,11,15,17,23H,6-10,12-14H2;3-4H,1-2H2,(H2,9,13)(H2,10,11,12,14);3-6H,1-2H3;1-2H3/b;;5-3-,6-4-;. The number of alkyl halides is 3. The van der Waals surface area contributed by atoms with E-state index in [1.54, 1.807) is 24.3 Å². The number of ether oxygens (including phenoxy) is 1. The molecule has 3 aliphatic rings. The Morgan fingerprint density at radius 2 is 1.66 bits per heavy atom. The molecule has 1 aliphatic heterocycles. The van der Waals surface area contributed by atoms with Gasteiger partial charge < -0.3 is 21.2 Å².